The highest BCUT2D eigenvalue weighted by Crippen LogP contribution is 2.48. The van der Waals surface area contributed by atoms with Crippen LogP contribution in [-0.4, -0.2) is 53.4 Å². The molecule has 1 saturated heterocycles. The maximum absolute atomic E-state index is 10.2. The Balaban J connectivity index is 1.35. The topological polar surface area (TPSA) is 117 Å². The third-order valence-electron chi connectivity index (χ3n) is 7.81. The van der Waals surface area contributed by atoms with Crippen molar-refractivity contribution in [1.82, 2.24) is 29.5 Å². The largest absolute Gasteiger partial charge is 0.390 e. The Kier molecular flexibility index (Phi) is 5.14. The predicted molar refractivity (Wildman–Crippen MR) is 129 cm³/mol. The minimum absolute atomic E-state index is 0.0541. The standard InChI is InChI=1S/C24H28ClN7O2/c1-13-22(26)24(12-34-13)7-5-14(6-8-24)20-17(11-33)29-23-16(28-20)9-27-32(23)18-4-3-15-10-31(2)30-21(15)19(18)25/h3-4,9-10,13-14,22,33H,5-8,11-12,26H2,1-2H3/t13-,14?,22+,24?/m0/s1. The van der Waals surface area contributed by atoms with E-state index in [1.54, 1.807) is 15.6 Å². The zero-order chi connectivity index (χ0) is 23.6. The number of nitrogens with two attached hydrogens (primary N) is 1. The number of aliphatic hydroxyl groups excluding tert-OH is 1. The Morgan fingerprint density at radius 2 is 2.06 bits per heavy atom. The Labute approximate surface area is 201 Å². The van der Waals surface area contributed by atoms with Gasteiger partial charge in [0.1, 0.15) is 11.0 Å². The van der Waals surface area contributed by atoms with Crippen LogP contribution >= 0.6 is 11.6 Å². The number of benzene rings is 1. The lowest BCUT2D eigenvalue weighted by molar-refractivity contribution is 0.0893. The first-order valence-electron chi connectivity index (χ1n) is 11.7. The average molecular weight is 482 g/mol. The van der Waals surface area contributed by atoms with Crippen LogP contribution in [0.3, 0.4) is 0 Å². The van der Waals surface area contributed by atoms with Gasteiger partial charge in [0.2, 0.25) is 0 Å². The molecule has 0 unspecified atom stereocenters. The molecule has 1 aliphatic heterocycles. The first-order chi connectivity index (χ1) is 16.4. The molecule has 2 aliphatic rings. The molecule has 178 valence electrons. The third-order valence-corrected chi connectivity index (χ3v) is 8.18. The molecule has 4 heterocycles. The van der Waals surface area contributed by atoms with Gasteiger partial charge < -0.3 is 15.6 Å². The third kappa shape index (κ3) is 3.25. The van der Waals surface area contributed by atoms with Crippen molar-refractivity contribution < 1.29 is 9.84 Å². The van der Waals surface area contributed by atoms with Crippen molar-refractivity contribution in [1.29, 1.82) is 0 Å². The van der Waals surface area contributed by atoms with E-state index >= 15 is 0 Å². The smallest absolute Gasteiger partial charge is 0.182 e. The summed E-state index contributed by atoms with van der Waals surface area (Å²) in [4.78, 5) is 9.73. The van der Waals surface area contributed by atoms with E-state index in [2.05, 4.69) is 17.1 Å². The number of aromatic nitrogens is 6. The molecule has 4 aromatic rings. The van der Waals surface area contributed by atoms with E-state index in [1.165, 1.54) is 0 Å². The van der Waals surface area contributed by atoms with Gasteiger partial charge in [-0.25, -0.2) is 14.6 Å². The van der Waals surface area contributed by atoms with Gasteiger partial charge >= 0.3 is 0 Å². The molecule has 1 saturated carbocycles. The number of hydrogen-bond donors (Lipinski definition) is 2. The molecule has 2 fully saturated rings. The SMILES string of the molecule is C[C@@H]1OCC2(CCC(c3nc4cnn(-c5ccc6cn(C)nc6c5Cl)c4nc3CO)CC2)[C@@H]1N. The zero-order valence-corrected chi connectivity index (χ0v) is 20.0. The molecule has 3 N–H and O–H groups in total. The van der Waals surface area contributed by atoms with Gasteiger partial charge in [-0.05, 0) is 44.7 Å². The van der Waals surface area contributed by atoms with Gasteiger partial charge in [-0.15, -0.1) is 0 Å². The molecule has 1 spiro atoms. The van der Waals surface area contributed by atoms with Gasteiger partial charge in [0.15, 0.2) is 5.65 Å². The molecule has 9 nitrogen and oxygen atoms in total. The lowest BCUT2D eigenvalue weighted by atomic mass is 9.66. The molecular weight excluding hydrogens is 454 g/mol. The van der Waals surface area contributed by atoms with Crippen molar-refractivity contribution in [3.8, 4) is 5.69 Å². The summed E-state index contributed by atoms with van der Waals surface area (Å²) in [6, 6.07) is 3.93. The van der Waals surface area contributed by atoms with Gasteiger partial charge in [0, 0.05) is 36.0 Å². The number of aryl methyl sites for hydroxylation is 1. The molecule has 10 heteroatoms. The van der Waals surface area contributed by atoms with E-state index in [9.17, 15) is 5.11 Å². The number of halogens is 1. The fourth-order valence-corrected chi connectivity index (χ4v) is 6.07. The van der Waals surface area contributed by atoms with Crippen molar-refractivity contribution in [3.05, 3.63) is 40.9 Å². The number of hydrogen-bond acceptors (Lipinski definition) is 7. The number of nitrogens with zero attached hydrogens (tertiary/aromatic N) is 6. The lowest BCUT2D eigenvalue weighted by Crippen LogP contribution is -2.45. The highest BCUT2D eigenvalue weighted by molar-refractivity contribution is 6.37. The Morgan fingerprint density at radius 1 is 1.26 bits per heavy atom. The molecular formula is C24H28ClN7O2. The summed E-state index contributed by atoms with van der Waals surface area (Å²) >= 11 is 6.70. The van der Waals surface area contributed by atoms with E-state index in [1.807, 2.05) is 25.4 Å². The highest BCUT2D eigenvalue weighted by Gasteiger charge is 2.48. The second kappa shape index (κ2) is 7.98. The normalized spacial score (nSPS) is 27.4. The molecule has 0 radical (unpaired) electrons. The molecule has 34 heavy (non-hydrogen) atoms. The van der Waals surface area contributed by atoms with E-state index in [-0.39, 0.29) is 30.1 Å². The van der Waals surface area contributed by atoms with Crippen LogP contribution in [-0.2, 0) is 18.4 Å². The van der Waals surface area contributed by atoms with Crippen LogP contribution in [0.25, 0.3) is 27.8 Å². The van der Waals surface area contributed by atoms with Crippen LogP contribution in [0.2, 0.25) is 5.02 Å². The lowest BCUT2D eigenvalue weighted by Gasteiger charge is -2.39. The first-order valence-corrected chi connectivity index (χ1v) is 12.1. The summed E-state index contributed by atoms with van der Waals surface area (Å²) < 4.78 is 9.27. The van der Waals surface area contributed by atoms with E-state index in [0.29, 0.717) is 33.1 Å². The van der Waals surface area contributed by atoms with Crippen molar-refractivity contribution in [2.24, 2.45) is 18.2 Å². The van der Waals surface area contributed by atoms with Gasteiger partial charge in [-0.1, -0.05) is 11.6 Å². The van der Waals surface area contributed by atoms with Gasteiger partial charge in [0.05, 0.1) is 47.6 Å². The predicted octanol–water partition coefficient (Wildman–Crippen LogP) is 3.24. The Hall–Kier alpha value is -2.59. The van der Waals surface area contributed by atoms with Crippen LogP contribution in [0, 0.1) is 5.41 Å². The molecule has 1 aliphatic carbocycles. The van der Waals surface area contributed by atoms with Crippen LogP contribution in [0.4, 0.5) is 0 Å². The Morgan fingerprint density at radius 3 is 2.76 bits per heavy atom. The van der Waals surface area contributed by atoms with Gasteiger partial charge in [0.25, 0.3) is 0 Å². The molecule has 3 aromatic heterocycles. The summed E-state index contributed by atoms with van der Waals surface area (Å²) in [6.45, 7) is 2.61. The van der Waals surface area contributed by atoms with Crippen LogP contribution in [0.1, 0.15) is 49.9 Å². The summed E-state index contributed by atoms with van der Waals surface area (Å²) in [5.41, 5.74) is 10.6. The van der Waals surface area contributed by atoms with Crippen LogP contribution < -0.4 is 5.73 Å². The molecule has 0 bridgehead atoms. The number of fused-ring (bicyclic) bond motifs is 2. The zero-order valence-electron chi connectivity index (χ0n) is 19.3. The number of aliphatic hydroxyl groups is 1. The second-order valence-electron chi connectivity index (χ2n) is 9.80. The van der Waals surface area contributed by atoms with Gasteiger partial charge in [-0.3, -0.25) is 4.68 Å². The minimum atomic E-state index is -0.183. The van der Waals surface area contributed by atoms with Crippen molar-refractivity contribution >= 4 is 33.7 Å². The second-order valence-corrected chi connectivity index (χ2v) is 10.2. The maximum atomic E-state index is 10.2. The summed E-state index contributed by atoms with van der Waals surface area (Å²) in [5.74, 6) is 0.226. The van der Waals surface area contributed by atoms with Crippen LogP contribution in [0.15, 0.2) is 24.5 Å². The van der Waals surface area contributed by atoms with E-state index in [0.717, 1.165) is 43.4 Å². The van der Waals surface area contributed by atoms with Crippen LogP contribution in [0.5, 0.6) is 0 Å². The number of ether oxygens (including phenoxy) is 1. The number of rotatable bonds is 3. The fourth-order valence-electron chi connectivity index (χ4n) is 5.78. The van der Waals surface area contributed by atoms with Gasteiger partial charge in [-0.2, -0.15) is 10.2 Å². The van der Waals surface area contributed by atoms with Crippen molar-refractivity contribution in [3.63, 3.8) is 0 Å². The molecule has 2 atom stereocenters. The summed E-state index contributed by atoms with van der Waals surface area (Å²) in [5, 5.41) is 20.6. The molecule has 6 rings (SSSR count). The first kappa shape index (κ1) is 21.9. The highest BCUT2D eigenvalue weighted by atomic mass is 35.5. The minimum Gasteiger partial charge on any atom is -0.390 e. The summed E-state index contributed by atoms with van der Waals surface area (Å²) in [6.07, 6.45) is 7.61. The summed E-state index contributed by atoms with van der Waals surface area (Å²) in [7, 11) is 1.86. The molecule has 1 aromatic carbocycles. The van der Waals surface area contributed by atoms with E-state index in [4.69, 9.17) is 32.0 Å². The maximum Gasteiger partial charge on any atom is 0.182 e. The van der Waals surface area contributed by atoms with E-state index < -0.39 is 0 Å². The van der Waals surface area contributed by atoms with Crippen molar-refractivity contribution in [2.45, 2.75) is 57.3 Å². The molecule has 0 amide bonds. The quantitative estimate of drug-likeness (QED) is 0.461. The Bertz CT molecular complexity index is 1390. The van der Waals surface area contributed by atoms with Crippen molar-refractivity contribution in [2.75, 3.05) is 6.61 Å². The average Bonchev–Trinajstić information content (AvgIpc) is 3.51. The fraction of sp³-hybridized carbons (Fsp3) is 0.500. The monoisotopic (exact) mass is 481 g/mol.